The topological polar surface area (TPSA) is 55.9 Å². The zero-order valence-electron chi connectivity index (χ0n) is 12.9. The third-order valence-electron chi connectivity index (χ3n) is 4.78. The molecule has 2 aliphatic heterocycles. The van der Waals surface area contributed by atoms with E-state index in [2.05, 4.69) is 17.3 Å². The average Bonchev–Trinajstić information content (AvgIpc) is 3.31. The van der Waals surface area contributed by atoms with Crippen molar-refractivity contribution in [1.29, 1.82) is 0 Å². The molecule has 6 heteroatoms. The second-order valence-electron chi connectivity index (χ2n) is 6.64. The van der Waals surface area contributed by atoms with Gasteiger partial charge in [-0.15, -0.1) is 0 Å². The predicted molar refractivity (Wildman–Crippen MR) is 79.9 cm³/mol. The van der Waals surface area contributed by atoms with Crippen molar-refractivity contribution in [3.63, 3.8) is 0 Å². The lowest BCUT2D eigenvalue weighted by Gasteiger charge is -2.38. The lowest BCUT2D eigenvalue weighted by atomic mass is 9.96. The third kappa shape index (κ3) is 3.67. The number of nitrogens with zero attached hydrogens (tertiary/aromatic N) is 3. The number of urea groups is 1. The minimum Gasteiger partial charge on any atom is -0.340 e. The highest BCUT2D eigenvalue weighted by Crippen LogP contribution is 2.22. The molecule has 2 saturated heterocycles. The van der Waals surface area contributed by atoms with E-state index in [4.69, 9.17) is 0 Å². The van der Waals surface area contributed by atoms with E-state index < -0.39 is 0 Å². The average molecular weight is 294 g/mol. The van der Waals surface area contributed by atoms with E-state index in [-0.39, 0.29) is 17.9 Å². The standard InChI is InChI=1S/C15H26N4O2/c1-17-7-9-18(10-8-17)14(20)12-3-2-6-19(11-12)15(21)16-13-4-5-13/h12-13H,2-11H2,1H3,(H,16,21). The SMILES string of the molecule is CN1CCN(C(=O)C2CCCN(C(=O)NC3CC3)C2)CC1. The van der Waals surface area contributed by atoms with Crippen LogP contribution in [0.2, 0.25) is 0 Å². The van der Waals surface area contributed by atoms with Gasteiger partial charge in [0.15, 0.2) is 0 Å². The summed E-state index contributed by atoms with van der Waals surface area (Å²) in [5, 5.41) is 3.02. The van der Waals surface area contributed by atoms with E-state index in [1.165, 1.54) is 0 Å². The Morgan fingerprint density at radius 1 is 0.952 bits per heavy atom. The normalized spacial score (nSPS) is 27.6. The lowest BCUT2D eigenvalue weighted by molar-refractivity contribution is -0.138. The van der Waals surface area contributed by atoms with Crippen molar-refractivity contribution in [3.05, 3.63) is 0 Å². The largest absolute Gasteiger partial charge is 0.340 e. The van der Waals surface area contributed by atoms with E-state index in [9.17, 15) is 9.59 Å². The molecule has 0 spiro atoms. The summed E-state index contributed by atoms with van der Waals surface area (Å²) in [7, 11) is 2.09. The van der Waals surface area contributed by atoms with Gasteiger partial charge in [0.05, 0.1) is 5.92 Å². The Hall–Kier alpha value is -1.30. The lowest BCUT2D eigenvalue weighted by Crippen LogP contribution is -2.53. The van der Waals surface area contributed by atoms with Crippen LogP contribution in [0.4, 0.5) is 4.79 Å². The number of amides is 3. The molecule has 0 aromatic rings. The Labute approximate surface area is 126 Å². The molecule has 1 N–H and O–H groups in total. The zero-order chi connectivity index (χ0) is 14.8. The highest BCUT2D eigenvalue weighted by atomic mass is 16.2. The number of carbonyl (C=O) groups is 2. The molecule has 3 amide bonds. The number of piperazine rings is 1. The fraction of sp³-hybridized carbons (Fsp3) is 0.867. The van der Waals surface area contributed by atoms with Crippen molar-refractivity contribution >= 4 is 11.9 Å². The number of hydrogen-bond acceptors (Lipinski definition) is 3. The number of likely N-dealkylation sites (N-methyl/N-ethyl adjacent to an activating group) is 1. The molecule has 1 aliphatic carbocycles. The maximum absolute atomic E-state index is 12.6. The highest BCUT2D eigenvalue weighted by molar-refractivity contribution is 5.81. The number of piperidine rings is 1. The van der Waals surface area contributed by atoms with E-state index >= 15 is 0 Å². The summed E-state index contributed by atoms with van der Waals surface area (Å²) in [6.07, 6.45) is 4.05. The summed E-state index contributed by atoms with van der Waals surface area (Å²) in [6, 6.07) is 0.402. The van der Waals surface area contributed by atoms with Crippen LogP contribution in [0, 0.1) is 5.92 Å². The molecular weight excluding hydrogens is 268 g/mol. The molecule has 0 aromatic carbocycles. The molecule has 2 heterocycles. The second-order valence-corrected chi connectivity index (χ2v) is 6.64. The number of likely N-dealkylation sites (tertiary alicyclic amines) is 1. The smallest absolute Gasteiger partial charge is 0.317 e. The van der Waals surface area contributed by atoms with Gasteiger partial charge in [0, 0.05) is 45.3 Å². The van der Waals surface area contributed by atoms with Crippen LogP contribution < -0.4 is 5.32 Å². The fourth-order valence-electron chi connectivity index (χ4n) is 3.14. The van der Waals surface area contributed by atoms with Crippen LogP contribution in [-0.2, 0) is 4.79 Å². The molecule has 0 aromatic heterocycles. The Morgan fingerprint density at radius 2 is 1.67 bits per heavy atom. The molecule has 1 saturated carbocycles. The number of rotatable bonds is 2. The summed E-state index contributed by atoms with van der Waals surface area (Å²) in [5.74, 6) is 0.235. The summed E-state index contributed by atoms with van der Waals surface area (Å²) >= 11 is 0. The minimum absolute atomic E-state index is 0.00731. The highest BCUT2D eigenvalue weighted by Gasteiger charge is 2.33. The Kier molecular flexibility index (Phi) is 4.33. The molecule has 3 rings (SSSR count). The van der Waals surface area contributed by atoms with Crippen molar-refractivity contribution < 1.29 is 9.59 Å². The molecule has 1 atom stereocenters. The van der Waals surface area contributed by atoms with E-state index in [0.29, 0.717) is 12.6 Å². The van der Waals surface area contributed by atoms with E-state index in [1.54, 1.807) is 0 Å². The van der Waals surface area contributed by atoms with Gasteiger partial charge in [-0.05, 0) is 32.7 Å². The van der Waals surface area contributed by atoms with Crippen LogP contribution in [0.1, 0.15) is 25.7 Å². The fourth-order valence-corrected chi connectivity index (χ4v) is 3.14. The molecule has 6 nitrogen and oxygen atoms in total. The molecule has 0 bridgehead atoms. The maximum Gasteiger partial charge on any atom is 0.317 e. The minimum atomic E-state index is -0.00731. The van der Waals surface area contributed by atoms with Crippen LogP contribution in [0.25, 0.3) is 0 Å². The quantitative estimate of drug-likeness (QED) is 0.799. The summed E-state index contributed by atoms with van der Waals surface area (Å²) < 4.78 is 0. The van der Waals surface area contributed by atoms with Crippen molar-refractivity contribution in [2.45, 2.75) is 31.7 Å². The van der Waals surface area contributed by atoms with Gasteiger partial charge in [0.2, 0.25) is 5.91 Å². The monoisotopic (exact) mass is 294 g/mol. The van der Waals surface area contributed by atoms with Gasteiger partial charge in [-0.3, -0.25) is 4.79 Å². The maximum atomic E-state index is 12.6. The molecule has 3 fully saturated rings. The van der Waals surface area contributed by atoms with Gasteiger partial charge >= 0.3 is 6.03 Å². The Morgan fingerprint density at radius 3 is 2.33 bits per heavy atom. The van der Waals surface area contributed by atoms with Crippen molar-refractivity contribution in [1.82, 2.24) is 20.0 Å². The summed E-state index contributed by atoms with van der Waals surface area (Å²) in [6.45, 7) is 4.91. The molecular formula is C15H26N4O2. The van der Waals surface area contributed by atoms with Crippen LogP contribution in [0.15, 0.2) is 0 Å². The first-order valence-electron chi connectivity index (χ1n) is 8.16. The Bertz CT molecular complexity index is 402. The summed E-state index contributed by atoms with van der Waals surface area (Å²) in [4.78, 5) is 30.8. The Balaban J connectivity index is 1.52. The van der Waals surface area contributed by atoms with Crippen LogP contribution >= 0.6 is 0 Å². The molecule has 0 radical (unpaired) electrons. The van der Waals surface area contributed by atoms with Gasteiger partial charge in [-0.2, -0.15) is 0 Å². The first kappa shape index (κ1) is 14.6. The first-order chi connectivity index (χ1) is 10.1. The van der Waals surface area contributed by atoms with Crippen molar-refractivity contribution in [3.8, 4) is 0 Å². The van der Waals surface area contributed by atoms with Gasteiger partial charge < -0.3 is 20.0 Å². The van der Waals surface area contributed by atoms with Gasteiger partial charge in [0.1, 0.15) is 0 Å². The van der Waals surface area contributed by atoms with Gasteiger partial charge in [0.25, 0.3) is 0 Å². The van der Waals surface area contributed by atoms with Crippen LogP contribution in [0.3, 0.4) is 0 Å². The number of nitrogens with one attached hydrogen (secondary N) is 1. The van der Waals surface area contributed by atoms with E-state index in [0.717, 1.165) is 58.4 Å². The van der Waals surface area contributed by atoms with Crippen LogP contribution in [0.5, 0.6) is 0 Å². The van der Waals surface area contributed by atoms with Crippen LogP contribution in [-0.4, -0.2) is 79.0 Å². The molecule has 118 valence electrons. The molecule has 21 heavy (non-hydrogen) atoms. The first-order valence-corrected chi connectivity index (χ1v) is 8.16. The summed E-state index contributed by atoms with van der Waals surface area (Å²) in [5.41, 5.74) is 0. The van der Waals surface area contributed by atoms with Gasteiger partial charge in [-0.25, -0.2) is 4.79 Å². The third-order valence-corrected chi connectivity index (χ3v) is 4.78. The number of hydrogen-bond donors (Lipinski definition) is 1. The molecule has 3 aliphatic rings. The van der Waals surface area contributed by atoms with Crippen molar-refractivity contribution in [2.75, 3.05) is 46.3 Å². The van der Waals surface area contributed by atoms with E-state index in [1.807, 2.05) is 9.80 Å². The predicted octanol–water partition coefficient (Wildman–Crippen LogP) is 0.344. The number of carbonyl (C=O) groups excluding carboxylic acids is 2. The van der Waals surface area contributed by atoms with Gasteiger partial charge in [-0.1, -0.05) is 0 Å². The van der Waals surface area contributed by atoms with Crippen molar-refractivity contribution in [2.24, 2.45) is 5.92 Å². The second kappa shape index (κ2) is 6.22. The molecule has 1 unspecified atom stereocenters. The zero-order valence-corrected chi connectivity index (χ0v) is 12.9.